The largest absolute Gasteiger partial charge is 0.479 e. The van der Waals surface area contributed by atoms with Crippen LogP contribution in [0.15, 0.2) is 24.3 Å². The van der Waals surface area contributed by atoms with Gasteiger partial charge in [-0.3, -0.25) is 0 Å². The molecule has 2 aliphatic rings. The molecule has 3 unspecified atom stereocenters. The molecule has 2 saturated heterocycles. The van der Waals surface area contributed by atoms with Crippen molar-refractivity contribution in [1.82, 2.24) is 4.90 Å². The third-order valence-corrected chi connectivity index (χ3v) is 4.64. The molecule has 0 amide bonds. The predicted molar refractivity (Wildman–Crippen MR) is 74.6 cm³/mol. The van der Waals surface area contributed by atoms with Crippen molar-refractivity contribution < 1.29 is 9.90 Å². The number of halogens is 1. The van der Waals surface area contributed by atoms with Gasteiger partial charge >= 0.3 is 5.97 Å². The number of hydrogen-bond donors (Lipinski definition) is 2. The summed E-state index contributed by atoms with van der Waals surface area (Å²) in [6, 6.07) is 7.25. The number of anilines is 1. The number of carboxylic acid groups (broad SMARTS) is 1. The van der Waals surface area contributed by atoms with Crippen LogP contribution in [-0.2, 0) is 4.79 Å². The van der Waals surface area contributed by atoms with Crippen molar-refractivity contribution in [3.63, 3.8) is 0 Å². The number of hydrogen-bond acceptors (Lipinski definition) is 3. The zero-order valence-electron chi connectivity index (χ0n) is 10.6. The molecule has 0 aromatic heterocycles. The van der Waals surface area contributed by atoms with E-state index in [1.165, 1.54) is 0 Å². The van der Waals surface area contributed by atoms with E-state index < -0.39 is 11.5 Å². The Labute approximate surface area is 117 Å². The molecule has 0 saturated carbocycles. The Balaban J connectivity index is 1.88. The Morgan fingerprint density at radius 1 is 1.37 bits per heavy atom. The zero-order chi connectivity index (χ0) is 13.5. The molecule has 1 aromatic carbocycles. The Kier molecular flexibility index (Phi) is 3.15. The topological polar surface area (TPSA) is 52.6 Å². The summed E-state index contributed by atoms with van der Waals surface area (Å²) in [4.78, 5) is 14.2. The van der Waals surface area contributed by atoms with Gasteiger partial charge in [-0.25, -0.2) is 4.79 Å². The minimum atomic E-state index is -0.833. The lowest BCUT2D eigenvalue weighted by Crippen LogP contribution is -2.57. The van der Waals surface area contributed by atoms with Gasteiger partial charge in [0.05, 0.1) is 0 Å². The minimum Gasteiger partial charge on any atom is -0.479 e. The molecule has 0 radical (unpaired) electrons. The molecule has 2 bridgehead atoms. The fourth-order valence-electron chi connectivity index (χ4n) is 3.27. The van der Waals surface area contributed by atoms with Crippen molar-refractivity contribution >= 4 is 23.3 Å². The highest BCUT2D eigenvalue weighted by Gasteiger charge is 2.51. The van der Waals surface area contributed by atoms with Crippen molar-refractivity contribution in [1.29, 1.82) is 0 Å². The second-order valence-electron chi connectivity index (χ2n) is 5.44. The first kappa shape index (κ1) is 12.8. The van der Waals surface area contributed by atoms with Crippen LogP contribution < -0.4 is 5.32 Å². The SMILES string of the molecule is O=C(O)C1(Nc2ccc(Cl)cc2)CCN2CCC1C2. The monoisotopic (exact) mass is 280 g/mol. The highest BCUT2D eigenvalue weighted by Crippen LogP contribution is 2.38. The first-order valence-corrected chi connectivity index (χ1v) is 6.97. The highest BCUT2D eigenvalue weighted by atomic mass is 35.5. The number of rotatable bonds is 3. The molecule has 3 rings (SSSR count). The molecule has 2 fully saturated rings. The lowest BCUT2D eigenvalue weighted by atomic mass is 9.78. The standard InChI is InChI=1S/C14H17ClN2O2/c15-11-1-3-12(4-2-11)16-14(13(18)19)6-8-17-7-5-10(14)9-17/h1-4,10,16H,5-9H2,(H,18,19). The fourth-order valence-corrected chi connectivity index (χ4v) is 3.39. The Morgan fingerprint density at radius 3 is 2.79 bits per heavy atom. The fraction of sp³-hybridized carbons (Fsp3) is 0.500. The van der Waals surface area contributed by atoms with E-state index in [9.17, 15) is 9.90 Å². The summed E-state index contributed by atoms with van der Waals surface area (Å²) in [5.74, 6) is -0.566. The third kappa shape index (κ3) is 2.19. The van der Waals surface area contributed by atoms with Crippen molar-refractivity contribution in [3.8, 4) is 0 Å². The van der Waals surface area contributed by atoms with Gasteiger partial charge in [-0.2, -0.15) is 0 Å². The highest BCUT2D eigenvalue weighted by molar-refractivity contribution is 6.30. The normalized spacial score (nSPS) is 33.1. The number of nitrogens with zero attached hydrogens (tertiary/aromatic N) is 1. The maximum atomic E-state index is 11.8. The number of piperidine rings is 1. The molecule has 0 spiro atoms. The maximum Gasteiger partial charge on any atom is 0.329 e. The van der Waals surface area contributed by atoms with E-state index in [1.54, 1.807) is 12.1 Å². The van der Waals surface area contributed by atoms with Gasteiger partial charge in [-0.05, 0) is 43.7 Å². The van der Waals surface area contributed by atoms with Crippen LogP contribution in [0, 0.1) is 5.92 Å². The summed E-state index contributed by atoms with van der Waals surface area (Å²) in [6.45, 7) is 2.75. The zero-order valence-corrected chi connectivity index (χ0v) is 11.4. The van der Waals surface area contributed by atoms with Crippen molar-refractivity contribution in [2.24, 2.45) is 5.92 Å². The molecule has 1 aromatic rings. The van der Waals surface area contributed by atoms with E-state index in [4.69, 9.17) is 11.6 Å². The summed E-state index contributed by atoms with van der Waals surface area (Å²) in [5.41, 5.74) is -0.00645. The Morgan fingerprint density at radius 2 is 2.11 bits per heavy atom. The van der Waals surface area contributed by atoms with E-state index in [0.717, 1.165) is 31.7 Å². The van der Waals surface area contributed by atoms with Crippen LogP contribution in [0.25, 0.3) is 0 Å². The van der Waals surface area contributed by atoms with Crippen molar-refractivity contribution in [3.05, 3.63) is 29.3 Å². The predicted octanol–water partition coefficient (Wildman–Crippen LogP) is 2.30. The average Bonchev–Trinajstić information content (AvgIpc) is 2.80. The maximum absolute atomic E-state index is 11.8. The number of nitrogens with one attached hydrogen (secondary N) is 1. The van der Waals surface area contributed by atoms with Gasteiger partial charge < -0.3 is 15.3 Å². The molecule has 2 N–H and O–H groups in total. The Bertz CT molecular complexity index is 491. The molecule has 19 heavy (non-hydrogen) atoms. The average molecular weight is 281 g/mol. The smallest absolute Gasteiger partial charge is 0.329 e. The Hall–Kier alpha value is -1.26. The summed E-state index contributed by atoms with van der Waals surface area (Å²) < 4.78 is 0. The quantitative estimate of drug-likeness (QED) is 0.892. The molecule has 2 aliphatic heterocycles. The van der Waals surface area contributed by atoms with E-state index in [1.807, 2.05) is 12.1 Å². The molecular weight excluding hydrogens is 264 g/mol. The van der Waals surface area contributed by atoms with Crippen LogP contribution in [0.2, 0.25) is 5.02 Å². The molecule has 102 valence electrons. The number of fused-ring (bicyclic) bond motifs is 2. The van der Waals surface area contributed by atoms with Gasteiger partial charge in [-0.1, -0.05) is 11.6 Å². The third-order valence-electron chi connectivity index (χ3n) is 4.38. The van der Waals surface area contributed by atoms with Crippen molar-refractivity contribution in [2.45, 2.75) is 18.4 Å². The van der Waals surface area contributed by atoms with Gasteiger partial charge in [0.25, 0.3) is 0 Å². The molecule has 4 nitrogen and oxygen atoms in total. The summed E-state index contributed by atoms with van der Waals surface area (Å²) >= 11 is 5.86. The second-order valence-corrected chi connectivity index (χ2v) is 5.88. The first-order chi connectivity index (χ1) is 9.10. The van der Waals surface area contributed by atoms with Gasteiger partial charge in [0, 0.05) is 29.7 Å². The lowest BCUT2D eigenvalue weighted by molar-refractivity contribution is -0.145. The lowest BCUT2D eigenvalue weighted by Gasteiger charge is -2.40. The number of carboxylic acids is 1. The summed E-state index contributed by atoms with van der Waals surface area (Å²) in [5, 5.41) is 13.6. The molecule has 2 heterocycles. The van der Waals surface area contributed by atoms with Crippen LogP contribution in [0.5, 0.6) is 0 Å². The van der Waals surface area contributed by atoms with E-state index >= 15 is 0 Å². The molecule has 3 atom stereocenters. The number of aliphatic carboxylic acids is 1. The second kappa shape index (κ2) is 4.69. The summed E-state index contributed by atoms with van der Waals surface area (Å²) in [6.07, 6.45) is 1.60. The van der Waals surface area contributed by atoms with Gasteiger partial charge in [0.2, 0.25) is 0 Å². The van der Waals surface area contributed by atoms with E-state index in [2.05, 4.69) is 10.2 Å². The van der Waals surface area contributed by atoms with Crippen LogP contribution in [0.4, 0.5) is 5.69 Å². The molecular formula is C14H17ClN2O2. The van der Waals surface area contributed by atoms with Crippen LogP contribution in [-0.4, -0.2) is 41.1 Å². The molecule has 0 aliphatic carbocycles. The number of benzene rings is 1. The number of carbonyl (C=O) groups is 1. The van der Waals surface area contributed by atoms with Gasteiger partial charge in [0.15, 0.2) is 0 Å². The van der Waals surface area contributed by atoms with Crippen LogP contribution in [0.3, 0.4) is 0 Å². The van der Waals surface area contributed by atoms with E-state index in [0.29, 0.717) is 11.4 Å². The molecule has 5 heteroatoms. The van der Waals surface area contributed by atoms with Crippen LogP contribution >= 0.6 is 11.6 Å². The van der Waals surface area contributed by atoms with Gasteiger partial charge in [0.1, 0.15) is 5.54 Å². The van der Waals surface area contributed by atoms with Gasteiger partial charge in [-0.15, -0.1) is 0 Å². The van der Waals surface area contributed by atoms with E-state index in [-0.39, 0.29) is 5.92 Å². The minimum absolute atomic E-state index is 0.175. The summed E-state index contributed by atoms with van der Waals surface area (Å²) in [7, 11) is 0. The van der Waals surface area contributed by atoms with Crippen molar-refractivity contribution in [2.75, 3.05) is 25.0 Å². The first-order valence-electron chi connectivity index (χ1n) is 6.60. The van der Waals surface area contributed by atoms with Crippen LogP contribution in [0.1, 0.15) is 12.8 Å².